The van der Waals surface area contributed by atoms with E-state index < -0.39 is 92.0 Å². The van der Waals surface area contributed by atoms with Crippen molar-refractivity contribution in [3.05, 3.63) is 0 Å². The van der Waals surface area contributed by atoms with Gasteiger partial charge in [-0.3, -0.25) is 4.79 Å². The zero-order chi connectivity index (χ0) is 31.7. The fourth-order valence-corrected chi connectivity index (χ4v) is 5.60. The molecule has 1 saturated carbocycles. The molecule has 43 heavy (non-hydrogen) atoms. The second kappa shape index (κ2) is 17.4. The third-order valence-electron chi connectivity index (χ3n) is 8.03. The summed E-state index contributed by atoms with van der Waals surface area (Å²) in [6.45, 7) is -0.0944. The molecule has 2 heterocycles. The number of amides is 1. The van der Waals surface area contributed by atoms with Crippen molar-refractivity contribution in [2.45, 2.75) is 111 Å². The lowest BCUT2D eigenvalue weighted by Gasteiger charge is -2.48. The van der Waals surface area contributed by atoms with E-state index >= 15 is 0 Å². The van der Waals surface area contributed by atoms with E-state index in [1.807, 2.05) is 0 Å². The van der Waals surface area contributed by atoms with Crippen LogP contribution in [0.15, 0.2) is 0 Å². The van der Waals surface area contributed by atoms with Gasteiger partial charge in [-0.05, 0) is 46.3 Å². The molecule has 3 rings (SSSR count). The van der Waals surface area contributed by atoms with E-state index in [1.54, 1.807) is 19.6 Å². The predicted molar refractivity (Wildman–Crippen MR) is 141 cm³/mol. The lowest BCUT2D eigenvalue weighted by atomic mass is 9.83. The molecule has 252 valence electrons. The third kappa shape index (κ3) is 8.91. The van der Waals surface area contributed by atoms with Gasteiger partial charge in [0.2, 0.25) is 5.91 Å². The molecule has 2 aliphatic heterocycles. The van der Waals surface area contributed by atoms with E-state index in [-0.39, 0.29) is 31.9 Å². The highest BCUT2D eigenvalue weighted by Crippen LogP contribution is 2.33. The molecule has 14 unspecified atom stereocenters. The number of aliphatic hydroxyl groups is 5. The van der Waals surface area contributed by atoms with Gasteiger partial charge >= 0.3 is 0 Å². The molecular formula is C24H45F3N6O10. The van der Waals surface area contributed by atoms with Gasteiger partial charge in [0.15, 0.2) is 12.6 Å². The van der Waals surface area contributed by atoms with Crippen LogP contribution in [0.4, 0.5) is 13.4 Å². The summed E-state index contributed by atoms with van der Waals surface area (Å²) in [6, 6.07) is -5.19. The average molecular weight is 635 g/mol. The van der Waals surface area contributed by atoms with Gasteiger partial charge in [-0.15, -0.1) is 13.4 Å². The van der Waals surface area contributed by atoms with Gasteiger partial charge in [0.1, 0.15) is 42.7 Å². The van der Waals surface area contributed by atoms with E-state index in [4.69, 9.17) is 18.9 Å². The monoisotopic (exact) mass is 634 g/mol. The highest BCUT2D eigenvalue weighted by molar-refractivity contribution is 5.80. The second-order valence-corrected chi connectivity index (χ2v) is 11.0. The predicted octanol–water partition coefficient (Wildman–Crippen LogP) is -4.33. The first kappa shape index (κ1) is 36.2. The number of hydrogen-bond acceptors (Lipinski definition) is 15. The molecule has 1 aliphatic carbocycles. The van der Waals surface area contributed by atoms with Crippen molar-refractivity contribution >= 4 is 5.91 Å². The number of ether oxygens (including phenoxy) is 4. The number of carbonyl (C=O) groups is 1. The van der Waals surface area contributed by atoms with Crippen molar-refractivity contribution in [2.24, 2.45) is 0 Å². The molecule has 0 aromatic heterocycles. The molecule has 0 radical (unpaired) electrons. The smallest absolute Gasteiger partial charge is 0.249 e. The van der Waals surface area contributed by atoms with Crippen LogP contribution in [0.3, 0.4) is 0 Å². The molecule has 16 nitrogen and oxygen atoms in total. The number of halogens is 3. The average Bonchev–Trinajstić information content (AvgIpc) is 3.00. The van der Waals surface area contributed by atoms with Crippen molar-refractivity contribution in [3.63, 3.8) is 0 Å². The molecular weight excluding hydrogens is 589 g/mol. The minimum atomic E-state index is -1.88. The lowest BCUT2D eigenvalue weighted by molar-refractivity contribution is -0.320. The Morgan fingerprint density at radius 1 is 0.884 bits per heavy atom. The maximum absolute atomic E-state index is 14.2. The van der Waals surface area contributed by atoms with Crippen LogP contribution in [-0.4, -0.2) is 151 Å². The van der Waals surface area contributed by atoms with E-state index in [9.17, 15) is 43.8 Å². The zero-order valence-corrected chi connectivity index (χ0v) is 23.9. The first-order valence-corrected chi connectivity index (χ1v) is 14.3. The second-order valence-electron chi connectivity index (χ2n) is 11.0. The summed E-state index contributed by atoms with van der Waals surface area (Å²) in [4.78, 5) is 12.8. The Morgan fingerprint density at radius 2 is 1.56 bits per heavy atom. The Labute approximate surface area is 246 Å². The number of rotatable bonds is 15. The van der Waals surface area contributed by atoms with Crippen LogP contribution in [-0.2, 0) is 23.7 Å². The van der Waals surface area contributed by atoms with Crippen molar-refractivity contribution < 1.29 is 62.7 Å². The first-order chi connectivity index (χ1) is 20.6. The quantitative estimate of drug-likeness (QED) is 0.0766. The molecule has 0 aromatic rings. The van der Waals surface area contributed by atoms with Crippen LogP contribution < -0.4 is 32.6 Å². The first-order valence-electron chi connectivity index (χ1n) is 14.3. The van der Waals surface area contributed by atoms with Crippen molar-refractivity contribution in [3.8, 4) is 0 Å². The summed E-state index contributed by atoms with van der Waals surface area (Å²) >= 11 is 0. The summed E-state index contributed by atoms with van der Waals surface area (Å²) < 4.78 is 64.4. The highest BCUT2D eigenvalue weighted by atomic mass is 19.2. The summed E-state index contributed by atoms with van der Waals surface area (Å²) in [5, 5.41) is 60.5. The Balaban J connectivity index is 1.88. The SMILES string of the molecule is CNCCC(O)C(=O)NC1CC(NF)C(OC2OC(CNC)CCC2NF)C(O)C1OC1OC(CO)C(O)C(NF)C1O. The molecule has 3 fully saturated rings. The standard InChI is InChI=1S/C24H45F3N6O10/c1-28-6-5-14(35)22(39)30-12-7-13(32-26)21(42-23-11(31-25)4-3-10(40-23)8-29-2)19(38)20(12)43-24-18(37)16(33-27)17(36)15(9-34)41-24/h10-21,23-24,28-29,31-38H,3-9H2,1-2H3,(H,30,39). The molecule has 2 saturated heterocycles. The Kier molecular flexibility index (Phi) is 14.6. The topological polar surface area (TPSA) is 227 Å². The molecule has 0 spiro atoms. The van der Waals surface area contributed by atoms with Gasteiger partial charge in [0.05, 0.1) is 36.9 Å². The van der Waals surface area contributed by atoms with Crippen molar-refractivity contribution in [1.29, 1.82) is 0 Å². The van der Waals surface area contributed by atoms with Gasteiger partial charge in [-0.25, -0.2) is 0 Å². The van der Waals surface area contributed by atoms with Gasteiger partial charge in [0.25, 0.3) is 0 Å². The third-order valence-corrected chi connectivity index (χ3v) is 8.03. The van der Waals surface area contributed by atoms with E-state index in [1.165, 1.54) is 11.1 Å². The van der Waals surface area contributed by atoms with Gasteiger partial charge in [-0.2, -0.15) is 16.6 Å². The largest absolute Gasteiger partial charge is 0.394 e. The number of hydrogen-bond donors (Lipinski definition) is 11. The van der Waals surface area contributed by atoms with Crippen molar-refractivity contribution in [1.82, 2.24) is 32.6 Å². The minimum absolute atomic E-state index is 0.0223. The van der Waals surface area contributed by atoms with E-state index in [0.29, 0.717) is 13.0 Å². The van der Waals surface area contributed by atoms with Crippen LogP contribution >= 0.6 is 0 Å². The molecule has 0 bridgehead atoms. The fourth-order valence-electron chi connectivity index (χ4n) is 5.60. The van der Waals surface area contributed by atoms with Gasteiger partial charge in [0, 0.05) is 6.54 Å². The molecule has 0 aromatic carbocycles. The molecule has 14 atom stereocenters. The maximum atomic E-state index is 14.2. The van der Waals surface area contributed by atoms with E-state index in [2.05, 4.69) is 16.0 Å². The summed E-state index contributed by atoms with van der Waals surface area (Å²) in [6.07, 6.45) is -14.3. The van der Waals surface area contributed by atoms with Crippen LogP contribution in [0.1, 0.15) is 25.7 Å². The van der Waals surface area contributed by atoms with Crippen LogP contribution in [0.5, 0.6) is 0 Å². The number of carbonyl (C=O) groups excluding carboxylic acids is 1. The fraction of sp³-hybridized carbons (Fsp3) is 0.958. The molecule has 1 amide bonds. The zero-order valence-electron chi connectivity index (χ0n) is 23.9. The van der Waals surface area contributed by atoms with Crippen LogP contribution in [0.2, 0.25) is 0 Å². The molecule has 19 heteroatoms. The number of aliphatic hydroxyl groups excluding tert-OH is 5. The van der Waals surface area contributed by atoms with E-state index in [0.717, 1.165) is 0 Å². The summed E-state index contributed by atoms with van der Waals surface area (Å²) in [5.41, 5.74) is 4.36. The summed E-state index contributed by atoms with van der Waals surface area (Å²) in [5.74, 6) is -0.873. The number of likely N-dealkylation sites (N-methyl/N-ethyl adjacent to an activating group) is 1. The Bertz CT molecular complexity index is 849. The van der Waals surface area contributed by atoms with Crippen molar-refractivity contribution in [2.75, 3.05) is 33.8 Å². The number of nitrogens with one attached hydrogen (secondary N) is 6. The van der Waals surface area contributed by atoms with Crippen LogP contribution in [0, 0.1) is 0 Å². The Hall–Kier alpha value is -1.30. The highest BCUT2D eigenvalue weighted by Gasteiger charge is 2.52. The normalized spacial score (nSPS) is 41.1. The summed E-state index contributed by atoms with van der Waals surface area (Å²) in [7, 11) is 3.32. The molecule has 3 aliphatic rings. The minimum Gasteiger partial charge on any atom is -0.394 e. The van der Waals surface area contributed by atoms with Gasteiger partial charge < -0.3 is 60.4 Å². The van der Waals surface area contributed by atoms with Gasteiger partial charge in [-0.1, -0.05) is 0 Å². The lowest BCUT2D eigenvalue weighted by Crippen LogP contribution is -2.69. The van der Waals surface area contributed by atoms with Crippen LogP contribution in [0.25, 0.3) is 0 Å². The Morgan fingerprint density at radius 3 is 2.16 bits per heavy atom. The maximum Gasteiger partial charge on any atom is 0.249 e. The molecule has 11 N–H and O–H groups in total.